The first kappa shape index (κ1) is 17.8. The molecule has 1 saturated heterocycles. The molecule has 0 aromatic heterocycles. The van der Waals surface area contributed by atoms with Gasteiger partial charge in [0.1, 0.15) is 11.8 Å². The zero-order valence-electron chi connectivity index (χ0n) is 14.1. The van der Waals surface area contributed by atoms with Crippen LogP contribution in [0.5, 0.6) is 5.75 Å². The highest BCUT2D eigenvalue weighted by molar-refractivity contribution is 5.89. The number of benzene rings is 1. The van der Waals surface area contributed by atoms with Crippen LogP contribution < -0.4 is 10.1 Å². The molecule has 24 heavy (non-hydrogen) atoms. The molecule has 128 valence electrons. The normalized spacial score (nSPS) is 18.1. The highest BCUT2D eigenvalue weighted by Gasteiger charge is 2.34. The van der Waals surface area contributed by atoms with Gasteiger partial charge in [-0.1, -0.05) is 25.5 Å². The Morgan fingerprint density at radius 1 is 1.46 bits per heavy atom. The average Bonchev–Trinajstić information content (AvgIpc) is 2.96. The number of ether oxygens (including phenoxy) is 1. The van der Waals surface area contributed by atoms with E-state index in [0.717, 1.165) is 17.7 Å². The summed E-state index contributed by atoms with van der Waals surface area (Å²) in [5.41, 5.74) is 0.992. The van der Waals surface area contributed by atoms with Crippen LogP contribution in [0.15, 0.2) is 24.3 Å². The molecule has 1 aromatic rings. The molecule has 0 radical (unpaired) electrons. The van der Waals surface area contributed by atoms with Crippen molar-refractivity contribution in [2.24, 2.45) is 5.92 Å². The van der Waals surface area contributed by atoms with E-state index in [1.54, 1.807) is 12.0 Å². The van der Waals surface area contributed by atoms with Crippen LogP contribution in [0.1, 0.15) is 31.7 Å². The third-order valence-electron chi connectivity index (χ3n) is 4.17. The third kappa shape index (κ3) is 4.48. The lowest BCUT2D eigenvalue weighted by atomic mass is 10.1. The standard InChI is InChI=1S/C18H23N3O3/c1-3-4-15(10-19)20-18(23)14-9-17(22)21(12-14)11-13-5-7-16(24-2)8-6-13/h5-8,14-15H,3-4,9,11-12H2,1-2H3,(H,20,23)/t14-,15-/m1/s1. The van der Waals surface area contributed by atoms with Crippen LogP contribution in [0, 0.1) is 17.2 Å². The van der Waals surface area contributed by atoms with Gasteiger partial charge in [-0.2, -0.15) is 5.26 Å². The first-order valence-electron chi connectivity index (χ1n) is 8.18. The van der Waals surface area contributed by atoms with Crippen molar-refractivity contribution in [3.63, 3.8) is 0 Å². The van der Waals surface area contributed by atoms with E-state index in [4.69, 9.17) is 10.00 Å². The van der Waals surface area contributed by atoms with Gasteiger partial charge < -0.3 is 15.0 Å². The molecule has 0 saturated carbocycles. The van der Waals surface area contributed by atoms with Gasteiger partial charge in [0.05, 0.1) is 19.1 Å². The van der Waals surface area contributed by atoms with E-state index in [1.807, 2.05) is 31.2 Å². The highest BCUT2D eigenvalue weighted by Crippen LogP contribution is 2.21. The Balaban J connectivity index is 1.92. The molecule has 1 N–H and O–H groups in total. The summed E-state index contributed by atoms with van der Waals surface area (Å²) in [5, 5.41) is 11.8. The Labute approximate surface area is 142 Å². The average molecular weight is 329 g/mol. The predicted octanol–water partition coefficient (Wildman–Crippen LogP) is 1.85. The Kier molecular flexibility index (Phi) is 6.19. The van der Waals surface area contributed by atoms with E-state index in [9.17, 15) is 9.59 Å². The maximum atomic E-state index is 12.3. The Morgan fingerprint density at radius 2 is 2.17 bits per heavy atom. The van der Waals surface area contributed by atoms with E-state index in [0.29, 0.717) is 19.5 Å². The summed E-state index contributed by atoms with van der Waals surface area (Å²) < 4.78 is 5.12. The molecule has 6 nitrogen and oxygen atoms in total. The summed E-state index contributed by atoms with van der Waals surface area (Å²) in [6.45, 7) is 2.83. The number of rotatable bonds is 7. The molecule has 0 spiro atoms. The van der Waals surface area contributed by atoms with Crippen LogP contribution in [0.25, 0.3) is 0 Å². The monoisotopic (exact) mass is 329 g/mol. The predicted molar refractivity (Wildman–Crippen MR) is 89.0 cm³/mol. The van der Waals surface area contributed by atoms with E-state index in [-0.39, 0.29) is 24.2 Å². The number of hydrogen-bond donors (Lipinski definition) is 1. The van der Waals surface area contributed by atoms with Crippen LogP contribution in [0.2, 0.25) is 0 Å². The molecule has 2 rings (SSSR count). The Hall–Kier alpha value is -2.55. The van der Waals surface area contributed by atoms with Crippen LogP contribution in [-0.2, 0) is 16.1 Å². The molecule has 6 heteroatoms. The van der Waals surface area contributed by atoms with Gasteiger partial charge in [-0.3, -0.25) is 9.59 Å². The van der Waals surface area contributed by atoms with E-state index >= 15 is 0 Å². The number of nitriles is 1. The van der Waals surface area contributed by atoms with Gasteiger partial charge in [-0.25, -0.2) is 0 Å². The largest absolute Gasteiger partial charge is 0.497 e. The molecule has 0 aliphatic carbocycles. The molecule has 0 unspecified atom stereocenters. The molecule has 1 aliphatic rings. The molecule has 1 fully saturated rings. The van der Waals surface area contributed by atoms with Crippen LogP contribution in [0.3, 0.4) is 0 Å². The van der Waals surface area contributed by atoms with Crippen molar-refractivity contribution in [3.05, 3.63) is 29.8 Å². The first-order chi connectivity index (χ1) is 11.6. The van der Waals surface area contributed by atoms with Crippen molar-refractivity contribution >= 4 is 11.8 Å². The topological polar surface area (TPSA) is 82.4 Å². The Bertz CT molecular complexity index is 621. The number of carbonyl (C=O) groups excluding carboxylic acids is 2. The van der Waals surface area contributed by atoms with Crippen molar-refractivity contribution in [1.82, 2.24) is 10.2 Å². The summed E-state index contributed by atoms with van der Waals surface area (Å²) in [5.74, 6) is 0.140. The smallest absolute Gasteiger partial charge is 0.226 e. The fourth-order valence-corrected chi connectivity index (χ4v) is 2.80. The van der Waals surface area contributed by atoms with Crippen molar-refractivity contribution in [1.29, 1.82) is 5.26 Å². The summed E-state index contributed by atoms with van der Waals surface area (Å²) >= 11 is 0. The second-order valence-corrected chi connectivity index (χ2v) is 6.00. The lowest BCUT2D eigenvalue weighted by Gasteiger charge is -2.17. The maximum Gasteiger partial charge on any atom is 0.226 e. The maximum absolute atomic E-state index is 12.3. The molecular weight excluding hydrogens is 306 g/mol. The van der Waals surface area contributed by atoms with Crippen LogP contribution >= 0.6 is 0 Å². The zero-order valence-corrected chi connectivity index (χ0v) is 14.1. The fourth-order valence-electron chi connectivity index (χ4n) is 2.80. The van der Waals surface area contributed by atoms with Gasteiger partial charge in [0.25, 0.3) is 0 Å². The molecule has 2 amide bonds. The van der Waals surface area contributed by atoms with Crippen molar-refractivity contribution in [2.75, 3.05) is 13.7 Å². The van der Waals surface area contributed by atoms with Gasteiger partial charge in [0, 0.05) is 19.5 Å². The summed E-state index contributed by atoms with van der Waals surface area (Å²) in [7, 11) is 1.61. The minimum absolute atomic E-state index is 0.0324. The quantitative estimate of drug-likeness (QED) is 0.827. The number of methoxy groups -OCH3 is 1. The molecular formula is C18H23N3O3. The van der Waals surface area contributed by atoms with Crippen molar-refractivity contribution in [2.45, 2.75) is 38.8 Å². The summed E-state index contributed by atoms with van der Waals surface area (Å²) in [6.07, 6.45) is 1.65. The fraction of sp³-hybridized carbons (Fsp3) is 0.500. The van der Waals surface area contributed by atoms with Gasteiger partial charge in [0.15, 0.2) is 0 Å². The number of hydrogen-bond acceptors (Lipinski definition) is 4. The number of nitrogens with zero attached hydrogens (tertiary/aromatic N) is 2. The van der Waals surface area contributed by atoms with Gasteiger partial charge in [0.2, 0.25) is 11.8 Å². The second-order valence-electron chi connectivity index (χ2n) is 6.00. The zero-order chi connectivity index (χ0) is 17.5. The van der Waals surface area contributed by atoms with Crippen LogP contribution in [-0.4, -0.2) is 36.4 Å². The molecule has 1 heterocycles. The van der Waals surface area contributed by atoms with Gasteiger partial charge in [-0.15, -0.1) is 0 Å². The molecule has 0 bridgehead atoms. The first-order valence-corrected chi connectivity index (χ1v) is 8.18. The number of nitrogens with one attached hydrogen (secondary N) is 1. The van der Waals surface area contributed by atoms with Gasteiger partial charge in [-0.05, 0) is 24.1 Å². The molecule has 1 aromatic carbocycles. The number of amides is 2. The van der Waals surface area contributed by atoms with Crippen molar-refractivity contribution < 1.29 is 14.3 Å². The SMILES string of the molecule is CCC[C@H](C#N)NC(=O)[C@@H]1CC(=O)N(Cc2ccc(OC)cc2)C1. The van der Waals surface area contributed by atoms with E-state index in [1.165, 1.54) is 0 Å². The number of carbonyl (C=O) groups is 2. The minimum atomic E-state index is -0.478. The lowest BCUT2D eigenvalue weighted by Crippen LogP contribution is -2.39. The summed E-state index contributed by atoms with van der Waals surface area (Å²) in [6, 6.07) is 9.13. The third-order valence-corrected chi connectivity index (χ3v) is 4.17. The lowest BCUT2D eigenvalue weighted by molar-refractivity contribution is -0.129. The highest BCUT2D eigenvalue weighted by atomic mass is 16.5. The van der Waals surface area contributed by atoms with Crippen molar-refractivity contribution in [3.8, 4) is 11.8 Å². The molecule has 1 aliphatic heterocycles. The Morgan fingerprint density at radius 3 is 2.75 bits per heavy atom. The van der Waals surface area contributed by atoms with Gasteiger partial charge >= 0.3 is 0 Å². The second kappa shape index (κ2) is 8.34. The summed E-state index contributed by atoms with van der Waals surface area (Å²) in [4.78, 5) is 26.1. The van der Waals surface area contributed by atoms with E-state index in [2.05, 4.69) is 11.4 Å². The number of likely N-dealkylation sites (tertiary alicyclic amines) is 1. The minimum Gasteiger partial charge on any atom is -0.497 e. The van der Waals surface area contributed by atoms with Crippen LogP contribution in [0.4, 0.5) is 0 Å². The van der Waals surface area contributed by atoms with E-state index < -0.39 is 6.04 Å². The molecule has 2 atom stereocenters.